The first-order valence-electron chi connectivity index (χ1n) is 5.12. The Morgan fingerprint density at radius 1 is 1.25 bits per heavy atom. The maximum atomic E-state index is 11.8. The Kier molecular flexibility index (Phi) is 4.59. The summed E-state index contributed by atoms with van der Waals surface area (Å²) in [5, 5.41) is 3.40. The van der Waals surface area contributed by atoms with Gasteiger partial charge in [0.25, 0.3) is 0 Å². The molecule has 1 saturated carbocycles. The quantitative estimate of drug-likeness (QED) is 0.644. The number of alkyl halides is 1. The van der Waals surface area contributed by atoms with Crippen molar-refractivity contribution in [3.8, 4) is 0 Å². The third-order valence-electron chi connectivity index (χ3n) is 2.76. The lowest BCUT2D eigenvalue weighted by molar-refractivity contribution is 0.303. The van der Waals surface area contributed by atoms with E-state index in [4.69, 9.17) is 0 Å². The molecule has 0 spiro atoms. The highest BCUT2D eigenvalue weighted by Crippen LogP contribution is 2.23. The zero-order valence-electron chi connectivity index (χ0n) is 7.98. The third-order valence-corrected chi connectivity index (χ3v) is 2.76. The molecule has 2 heteroatoms. The van der Waals surface area contributed by atoms with Crippen molar-refractivity contribution >= 4 is 0 Å². The minimum Gasteiger partial charge on any atom is -0.314 e. The van der Waals surface area contributed by atoms with E-state index in [2.05, 4.69) is 12.2 Å². The van der Waals surface area contributed by atoms with Crippen LogP contribution in [-0.2, 0) is 0 Å². The Bertz CT molecular complexity index is 108. The first kappa shape index (κ1) is 9.97. The second kappa shape index (κ2) is 5.52. The van der Waals surface area contributed by atoms with E-state index in [1.54, 1.807) is 0 Å². The molecule has 1 aliphatic carbocycles. The van der Waals surface area contributed by atoms with Crippen LogP contribution in [-0.4, -0.2) is 19.3 Å². The molecule has 1 rings (SSSR count). The monoisotopic (exact) mass is 173 g/mol. The predicted octanol–water partition coefficient (Wildman–Crippen LogP) is 2.51. The molecule has 0 aromatic heterocycles. The summed E-state index contributed by atoms with van der Waals surface area (Å²) >= 11 is 0. The van der Waals surface area contributed by atoms with Crippen LogP contribution in [0.15, 0.2) is 0 Å². The van der Waals surface area contributed by atoms with Crippen LogP contribution >= 0.6 is 0 Å². The van der Waals surface area contributed by atoms with Crippen molar-refractivity contribution in [2.24, 2.45) is 5.92 Å². The largest absolute Gasteiger partial charge is 0.314 e. The summed E-state index contributed by atoms with van der Waals surface area (Å²) in [6, 6.07) is 0.674. The highest BCUT2D eigenvalue weighted by molar-refractivity contribution is 4.74. The van der Waals surface area contributed by atoms with Crippen molar-refractivity contribution in [1.82, 2.24) is 5.32 Å². The van der Waals surface area contributed by atoms with Crippen LogP contribution in [0.1, 0.15) is 39.0 Å². The molecule has 0 unspecified atom stereocenters. The fourth-order valence-electron chi connectivity index (χ4n) is 1.84. The van der Waals surface area contributed by atoms with Crippen LogP contribution in [0.2, 0.25) is 0 Å². The summed E-state index contributed by atoms with van der Waals surface area (Å²) in [6.07, 6.45) is 5.92. The van der Waals surface area contributed by atoms with Crippen molar-refractivity contribution in [3.63, 3.8) is 0 Å². The van der Waals surface area contributed by atoms with Crippen molar-refractivity contribution in [1.29, 1.82) is 0 Å². The number of nitrogens with one attached hydrogen (secondary N) is 1. The van der Waals surface area contributed by atoms with Crippen LogP contribution in [0.3, 0.4) is 0 Å². The summed E-state index contributed by atoms with van der Waals surface area (Å²) < 4.78 is 11.8. The van der Waals surface area contributed by atoms with Crippen LogP contribution in [0.5, 0.6) is 0 Å². The summed E-state index contributed by atoms with van der Waals surface area (Å²) in [6.45, 7) is 2.99. The smallest absolute Gasteiger partial charge is 0.0906 e. The van der Waals surface area contributed by atoms with Gasteiger partial charge in [-0.2, -0.15) is 0 Å². The Hall–Kier alpha value is -0.110. The average molecular weight is 173 g/mol. The van der Waals surface area contributed by atoms with Crippen molar-refractivity contribution < 1.29 is 4.39 Å². The maximum Gasteiger partial charge on any atom is 0.0906 e. The average Bonchev–Trinajstić information content (AvgIpc) is 2.09. The molecule has 12 heavy (non-hydrogen) atoms. The highest BCUT2D eigenvalue weighted by atomic mass is 19.1. The van der Waals surface area contributed by atoms with Gasteiger partial charge < -0.3 is 5.32 Å². The molecule has 0 bridgehead atoms. The van der Waals surface area contributed by atoms with Gasteiger partial charge in [0.2, 0.25) is 0 Å². The van der Waals surface area contributed by atoms with E-state index in [-0.39, 0.29) is 6.67 Å². The van der Waals surface area contributed by atoms with E-state index in [0.717, 1.165) is 12.5 Å². The highest BCUT2D eigenvalue weighted by Gasteiger charge is 2.16. The Morgan fingerprint density at radius 3 is 2.50 bits per heavy atom. The first-order valence-corrected chi connectivity index (χ1v) is 5.12. The van der Waals surface area contributed by atoms with Crippen LogP contribution in [0.25, 0.3) is 0 Å². The number of hydrogen-bond acceptors (Lipinski definition) is 1. The van der Waals surface area contributed by atoms with Crippen molar-refractivity contribution in [2.75, 3.05) is 13.2 Å². The summed E-state index contributed by atoms with van der Waals surface area (Å²) in [4.78, 5) is 0. The van der Waals surface area contributed by atoms with Crippen LogP contribution < -0.4 is 5.32 Å². The number of hydrogen-bond donors (Lipinski definition) is 1. The minimum atomic E-state index is -0.184. The molecule has 1 aliphatic rings. The van der Waals surface area contributed by atoms with Crippen LogP contribution in [0.4, 0.5) is 4.39 Å². The summed E-state index contributed by atoms with van der Waals surface area (Å²) in [5.41, 5.74) is 0. The second-order valence-corrected chi connectivity index (χ2v) is 3.95. The second-order valence-electron chi connectivity index (χ2n) is 3.95. The lowest BCUT2D eigenvalue weighted by Crippen LogP contribution is -2.33. The third kappa shape index (κ3) is 3.53. The zero-order valence-corrected chi connectivity index (χ0v) is 7.98. The number of rotatable bonds is 4. The van der Waals surface area contributed by atoms with Crippen LogP contribution in [0, 0.1) is 5.92 Å². The van der Waals surface area contributed by atoms with Gasteiger partial charge in [-0.05, 0) is 44.6 Å². The van der Waals surface area contributed by atoms with Gasteiger partial charge in [0.05, 0.1) is 6.67 Å². The Labute approximate surface area is 74.7 Å². The maximum absolute atomic E-state index is 11.8. The van der Waals surface area contributed by atoms with E-state index in [1.165, 1.54) is 25.7 Å². The zero-order chi connectivity index (χ0) is 8.81. The van der Waals surface area contributed by atoms with Crippen molar-refractivity contribution in [3.05, 3.63) is 0 Å². The fourth-order valence-corrected chi connectivity index (χ4v) is 1.84. The lowest BCUT2D eigenvalue weighted by atomic mass is 9.87. The normalized spacial score (nSPS) is 30.5. The molecule has 0 atom stereocenters. The fraction of sp³-hybridized carbons (Fsp3) is 1.00. The first-order chi connectivity index (χ1) is 5.83. The number of halogens is 1. The van der Waals surface area contributed by atoms with Gasteiger partial charge >= 0.3 is 0 Å². The van der Waals surface area contributed by atoms with E-state index >= 15 is 0 Å². The molecule has 0 heterocycles. The van der Waals surface area contributed by atoms with E-state index in [9.17, 15) is 4.39 Å². The molecule has 0 aromatic carbocycles. The molecule has 0 radical (unpaired) electrons. The molecule has 0 aromatic rings. The molecule has 1 nitrogen and oxygen atoms in total. The molecular formula is C10H20FN. The van der Waals surface area contributed by atoms with Gasteiger partial charge in [-0.25, -0.2) is 0 Å². The molecule has 72 valence electrons. The summed E-state index contributed by atoms with van der Waals surface area (Å²) in [7, 11) is 0. The van der Waals surface area contributed by atoms with E-state index < -0.39 is 0 Å². The molecule has 0 aliphatic heterocycles. The van der Waals surface area contributed by atoms with Gasteiger partial charge in [0.15, 0.2) is 0 Å². The Balaban J connectivity index is 2.01. The molecule has 1 N–H and O–H groups in total. The van der Waals surface area contributed by atoms with Gasteiger partial charge in [0.1, 0.15) is 0 Å². The molecule has 0 amide bonds. The van der Waals surface area contributed by atoms with E-state index in [1.807, 2.05) is 0 Å². The standard InChI is InChI=1S/C10H20FN/c1-9-3-5-10(6-4-9)12-8-2-7-11/h9-10,12H,2-8H2,1H3. The topological polar surface area (TPSA) is 12.0 Å². The van der Waals surface area contributed by atoms with Gasteiger partial charge in [-0.15, -0.1) is 0 Å². The van der Waals surface area contributed by atoms with E-state index in [0.29, 0.717) is 12.5 Å². The molecule has 0 saturated heterocycles. The SMILES string of the molecule is CC1CCC(NCCCF)CC1. The van der Waals surface area contributed by atoms with Gasteiger partial charge in [-0.1, -0.05) is 6.92 Å². The Morgan fingerprint density at radius 2 is 1.92 bits per heavy atom. The minimum absolute atomic E-state index is 0.184. The molecule has 1 fully saturated rings. The van der Waals surface area contributed by atoms with Gasteiger partial charge in [-0.3, -0.25) is 4.39 Å². The van der Waals surface area contributed by atoms with Gasteiger partial charge in [0, 0.05) is 6.04 Å². The van der Waals surface area contributed by atoms with Crippen molar-refractivity contribution in [2.45, 2.75) is 45.1 Å². The molecular weight excluding hydrogens is 153 g/mol. The lowest BCUT2D eigenvalue weighted by Gasteiger charge is -2.26. The summed E-state index contributed by atoms with van der Waals surface area (Å²) in [5.74, 6) is 0.907. The predicted molar refractivity (Wildman–Crippen MR) is 50.0 cm³/mol.